The lowest BCUT2D eigenvalue weighted by atomic mass is 9.99. The van der Waals surface area contributed by atoms with E-state index in [1.54, 1.807) is 0 Å². The topological polar surface area (TPSA) is 26.3 Å². The van der Waals surface area contributed by atoms with Crippen LogP contribution < -0.4 is 4.74 Å². The van der Waals surface area contributed by atoms with Crippen molar-refractivity contribution in [3.8, 4) is 17.6 Å². The number of hydrogen-bond acceptors (Lipinski definition) is 2. The van der Waals surface area contributed by atoms with E-state index in [1.165, 1.54) is 0 Å². The van der Waals surface area contributed by atoms with Gasteiger partial charge in [-0.1, -0.05) is 36.1 Å². The van der Waals surface area contributed by atoms with Crippen LogP contribution in [0.5, 0.6) is 5.75 Å². The molecule has 0 unspecified atom stereocenters. The van der Waals surface area contributed by atoms with E-state index in [0.29, 0.717) is 17.7 Å². The predicted molar refractivity (Wildman–Crippen MR) is 77.9 cm³/mol. The highest BCUT2D eigenvalue weighted by Crippen LogP contribution is 2.28. The quantitative estimate of drug-likeness (QED) is 0.680. The SMILES string of the molecule is Cc1ccc2c(c1)O[C@@H](C#Cc1ccccc1)CC2=O. The molecule has 98 valence electrons. The average molecular weight is 262 g/mol. The zero-order valence-corrected chi connectivity index (χ0v) is 11.2. The molecule has 1 atom stereocenters. The third-order valence-electron chi connectivity index (χ3n) is 3.23. The molecule has 2 heteroatoms. The molecule has 0 N–H and O–H groups in total. The van der Waals surface area contributed by atoms with Crippen LogP contribution in [0.15, 0.2) is 48.5 Å². The summed E-state index contributed by atoms with van der Waals surface area (Å²) in [4.78, 5) is 12.1. The van der Waals surface area contributed by atoms with Gasteiger partial charge in [0.1, 0.15) is 5.75 Å². The molecule has 0 aromatic heterocycles. The van der Waals surface area contributed by atoms with E-state index in [9.17, 15) is 4.79 Å². The first-order valence-corrected chi connectivity index (χ1v) is 6.59. The van der Waals surface area contributed by atoms with Gasteiger partial charge in [0.05, 0.1) is 12.0 Å². The van der Waals surface area contributed by atoms with E-state index >= 15 is 0 Å². The maximum atomic E-state index is 12.1. The van der Waals surface area contributed by atoms with Crippen LogP contribution in [-0.2, 0) is 0 Å². The second-order valence-corrected chi connectivity index (χ2v) is 4.87. The molecule has 0 fully saturated rings. The van der Waals surface area contributed by atoms with Gasteiger partial charge in [0.2, 0.25) is 0 Å². The molecule has 0 saturated carbocycles. The van der Waals surface area contributed by atoms with E-state index in [4.69, 9.17) is 4.74 Å². The van der Waals surface area contributed by atoms with Crippen molar-refractivity contribution in [2.45, 2.75) is 19.4 Å². The molecule has 0 aliphatic carbocycles. The molecule has 0 spiro atoms. The number of rotatable bonds is 0. The minimum atomic E-state index is -0.364. The van der Waals surface area contributed by atoms with Gasteiger partial charge in [-0.15, -0.1) is 0 Å². The number of aryl methyl sites for hydroxylation is 1. The summed E-state index contributed by atoms with van der Waals surface area (Å²) in [5.74, 6) is 6.83. The smallest absolute Gasteiger partial charge is 0.171 e. The zero-order chi connectivity index (χ0) is 13.9. The van der Waals surface area contributed by atoms with Crippen LogP contribution in [0.4, 0.5) is 0 Å². The van der Waals surface area contributed by atoms with Crippen molar-refractivity contribution in [2.24, 2.45) is 0 Å². The molecule has 2 aromatic carbocycles. The van der Waals surface area contributed by atoms with Gasteiger partial charge in [-0.3, -0.25) is 4.79 Å². The number of carbonyl (C=O) groups is 1. The molecule has 0 saturated heterocycles. The van der Waals surface area contributed by atoms with Crippen LogP contribution in [0.1, 0.15) is 27.9 Å². The van der Waals surface area contributed by atoms with Crippen LogP contribution in [-0.4, -0.2) is 11.9 Å². The number of carbonyl (C=O) groups excluding carboxylic acids is 1. The Balaban J connectivity index is 1.85. The number of ether oxygens (including phenoxy) is 1. The Morgan fingerprint density at radius 1 is 1.15 bits per heavy atom. The fraction of sp³-hybridized carbons (Fsp3) is 0.167. The van der Waals surface area contributed by atoms with Crippen molar-refractivity contribution < 1.29 is 9.53 Å². The lowest BCUT2D eigenvalue weighted by Crippen LogP contribution is -2.25. The van der Waals surface area contributed by atoms with Gasteiger partial charge in [-0.25, -0.2) is 0 Å². The van der Waals surface area contributed by atoms with E-state index in [2.05, 4.69) is 11.8 Å². The summed E-state index contributed by atoms with van der Waals surface area (Å²) in [5, 5.41) is 0. The summed E-state index contributed by atoms with van der Waals surface area (Å²) in [5.41, 5.74) is 2.67. The van der Waals surface area contributed by atoms with Crippen LogP contribution in [0.25, 0.3) is 0 Å². The Kier molecular flexibility index (Phi) is 3.26. The van der Waals surface area contributed by atoms with E-state index in [0.717, 1.165) is 11.1 Å². The molecule has 0 bridgehead atoms. The average Bonchev–Trinajstić information content (AvgIpc) is 2.46. The van der Waals surface area contributed by atoms with Crippen LogP contribution >= 0.6 is 0 Å². The second kappa shape index (κ2) is 5.22. The van der Waals surface area contributed by atoms with Gasteiger partial charge < -0.3 is 4.74 Å². The van der Waals surface area contributed by atoms with Gasteiger partial charge in [0.25, 0.3) is 0 Å². The minimum absolute atomic E-state index is 0.0959. The fourth-order valence-electron chi connectivity index (χ4n) is 2.20. The Morgan fingerprint density at radius 3 is 2.75 bits per heavy atom. The van der Waals surface area contributed by atoms with Crippen LogP contribution in [0.3, 0.4) is 0 Å². The van der Waals surface area contributed by atoms with Crippen molar-refractivity contribution in [1.29, 1.82) is 0 Å². The van der Waals surface area contributed by atoms with E-state index in [1.807, 2.05) is 55.5 Å². The van der Waals surface area contributed by atoms with Crippen molar-refractivity contribution in [1.82, 2.24) is 0 Å². The summed E-state index contributed by atoms with van der Waals surface area (Å²) in [6.07, 6.45) is -0.0485. The minimum Gasteiger partial charge on any atom is -0.476 e. The summed E-state index contributed by atoms with van der Waals surface area (Å²) >= 11 is 0. The molecule has 2 nitrogen and oxygen atoms in total. The van der Waals surface area contributed by atoms with Crippen molar-refractivity contribution in [2.75, 3.05) is 0 Å². The Bertz CT molecular complexity index is 705. The summed E-state index contributed by atoms with van der Waals surface area (Å²) < 4.78 is 5.81. The lowest BCUT2D eigenvalue weighted by molar-refractivity contribution is 0.0900. The normalized spacial score (nSPS) is 16.6. The standard InChI is InChI=1S/C18H14O2/c1-13-7-10-16-17(19)12-15(20-18(16)11-13)9-8-14-5-3-2-4-6-14/h2-7,10-11,15H,12H2,1H3/t15-/m0/s1. The maximum absolute atomic E-state index is 12.1. The van der Waals surface area contributed by atoms with Gasteiger partial charge in [0, 0.05) is 5.56 Å². The third kappa shape index (κ3) is 2.57. The largest absolute Gasteiger partial charge is 0.476 e. The highest BCUT2D eigenvalue weighted by atomic mass is 16.5. The van der Waals surface area contributed by atoms with Crippen molar-refractivity contribution in [3.63, 3.8) is 0 Å². The number of hydrogen-bond donors (Lipinski definition) is 0. The molecule has 1 aliphatic rings. The maximum Gasteiger partial charge on any atom is 0.171 e. The molecule has 3 rings (SSSR count). The van der Waals surface area contributed by atoms with Gasteiger partial charge in [-0.05, 0) is 36.8 Å². The highest BCUT2D eigenvalue weighted by Gasteiger charge is 2.24. The molecule has 2 aromatic rings. The van der Waals surface area contributed by atoms with Crippen molar-refractivity contribution >= 4 is 5.78 Å². The number of fused-ring (bicyclic) bond motifs is 1. The summed E-state index contributed by atoms with van der Waals surface area (Å²) in [6, 6.07) is 15.4. The van der Waals surface area contributed by atoms with E-state index in [-0.39, 0.29) is 11.9 Å². The molecule has 0 radical (unpaired) electrons. The molecule has 20 heavy (non-hydrogen) atoms. The van der Waals surface area contributed by atoms with Gasteiger partial charge >= 0.3 is 0 Å². The molecular weight excluding hydrogens is 248 g/mol. The first-order chi connectivity index (χ1) is 9.72. The van der Waals surface area contributed by atoms with Gasteiger partial charge in [0.15, 0.2) is 11.9 Å². The first kappa shape index (κ1) is 12.5. The van der Waals surface area contributed by atoms with Crippen LogP contribution in [0.2, 0.25) is 0 Å². The zero-order valence-electron chi connectivity index (χ0n) is 11.2. The summed E-state index contributed by atoms with van der Waals surface area (Å²) in [6.45, 7) is 1.98. The second-order valence-electron chi connectivity index (χ2n) is 4.87. The molecular formula is C18H14O2. The fourth-order valence-corrected chi connectivity index (χ4v) is 2.20. The number of ketones is 1. The highest BCUT2D eigenvalue weighted by molar-refractivity contribution is 6.00. The predicted octanol–water partition coefficient (Wildman–Crippen LogP) is 3.38. The third-order valence-corrected chi connectivity index (χ3v) is 3.23. The van der Waals surface area contributed by atoms with E-state index < -0.39 is 0 Å². The van der Waals surface area contributed by atoms with Crippen LogP contribution in [0, 0.1) is 18.8 Å². The number of benzene rings is 2. The Labute approximate surface area is 118 Å². The molecule has 1 aliphatic heterocycles. The Morgan fingerprint density at radius 2 is 1.95 bits per heavy atom. The van der Waals surface area contributed by atoms with Crippen molar-refractivity contribution in [3.05, 3.63) is 65.2 Å². The number of Topliss-reactive ketones (excluding diaryl/α,β-unsaturated/α-hetero) is 1. The van der Waals surface area contributed by atoms with Gasteiger partial charge in [-0.2, -0.15) is 0 Å². The first-order valence-electron chi connectivity index (χ1n) is 6.59. The lowest BCUT2D eigenvalue weighted by Gasteiger charge is -2.21. The monoisotopic (exact) mass is 262 g/mol. The molecule has 0 amide bonds. The molecule has 1 heterocycles. The summed E-state index contributed by atoms with van der Waals surface area (Å²) in [7, 11) is 0. The Hall–Kier alpha value is -2.53.